The molecule has 4 aromatic carbocycles. The summed E-state index contributed by atoms with van der Waals surface area (Å²) in [5.41, 5.74) is 10.7. The molecule has 0 atom stereocenters. The molecule has 2 N–H and O–H groups in total. The summed E-state index contributed by atoms with van der Waals surface area (Å²) >= 11 is 0. The lowest BCUT2D eigenvalue weighted by atomic mass is 9.72. The molecule has 0 spiro atoms. The Labute approximate surface area is 183 Å². The maximum Gasteiger partial charge on any atom is 0.489 e. The lowest BCUT2D eigenvalue weighted by Crippen LogP contribution is -2.32. The van der Waals surface area contributed by atoms with Crippen molar-refractivity contribution >= 4 is 23.4 Å². The van der Waals surface area contributed by atoms with E-state index in [0.717, 1.165) is 10.8 Å². The fraction of sp³-hybridized carbons (Fsp3) is 0.214. The van der Waals surface area contributed by atoms with Gasteiger partial charge in [0.05, 0.1) is 0 Å². The minimum absolute atomic E-state index is 0.0507. The van der Waals surface area contributed by atoms with Crippen molar-refractivity contribution < 1.29 is 10.0 Å². The second-order valence-corrected chi connectivity index (χ2v) is 10.0. The number of benzene rings is 4. The van der Waals surface area contributed by atoms with Crippen LogP contribution in [-0.2, 0) is 10.8 Å². The van der Waals surface area contributed by atoms with Crippen LogP contribution in [-0.4, -0.2) is 17.2 Å². The molecule has 0 fully saturated rings. The van der Waals surface area contributed by atoms with Crippen molar-refractivity contribution in [3.63, 3.8) is 0 Å². The molecule has 4 aromatic rings. The van der Waals surface area contributed by atoms with Crippen LogP contribution in [0.5, 0.6) is 0 Å². The molecule has 2 aliphatic carbocycles. The van der Waals surface area contributed by atoms with Crippen LogP contribution in [0, 0.1) is 0 Å². The Morgan fingerprint density at radius 2 is 1.16 bits per heavy atom. The van der Waals surface area contributed by atoms with Crippen molar-refractivity contribution in [1.29, 1.82) is 0 Å². The van der Waals surface area contributed by atoms with E-state index < -0.39 is 7.12 Å². The van der Waals surface area contributed by atoms with E-state index >= 15 is 0 Å². The SMILES string of the molecule is CC1(C)c2ccccc2-c2cc3c(cc21)-c1c(cc(B(O)O)c2ccccc12)C3(C)C. The number of hydrogen-bond donors (Lipinski definition) is 2. The Morgan fingerprint density at radius 3 is 1.90 bits per heavy atom. The molecule has 2 nitrogen and oxygen atoms in total. The first-order chi connectivity index (χ1) is 14.7. The van der Waals surface area contributed by atoms with Crippen molar-refractivity contribution in [2.24, 2.45) is 0 Å². The van der Waals surface area contributed by atoms with Gasteiger partial charge in [-0.3, -0.25) is 0 Å². The highest BCUT2D eigenvalue weighted by molar-refractivity contribution is 6.62. The van der Waals surface area contributed by atoms with Crippen molar-refractivity contribution in [3.8, 4) is 22.3 Å². The molecule has 0 unspecified atom stereocenters. The third-order valence-corrected chi connectivity index (χ3v) is 7.69. The average molecular weight is 404 g/mol. The molecule has 0 amide bonds. The summed E-state index contributed by atoms with van der Waals surface area (Å²) in [7, 11) is -1.49. The molecule has 3 heteroatoms. The van der Waals surface area contributed by atoms with Crippen LogP contribution in [0.25, 0.3) is 33.0 Å². The third kappa shape index (κ3) is 2.26. The Bertz CT molecular complexity index is 1410. The molecule has 152 valence electrons. The van der Waals surface area contributed by atoms with E-state index in [-0.39, 0.29) is 10.8 Å². The highest BCUT2D eigenvalue weighted by Crippen LogP contribution is 2.56. The second kappa shape index (κ2) is 5.88. The van der Waals surface area contributed by atoms with Gasteiger partial charge in [0.15, 0.2) is 0 Å². The zero-order valence-corrected chi connectivity index (χ0v) is 18.3. The molecular formula is C28H25BO2. The van der Waals surface area contributed by atoms with Gasteiger partial charge in [-0.2, -0.15) is 0 Å². The zero-order chi connectivity index (χ0) is 21.7. The molecule has 31 heavy (non-hydrogen) atoms. The molecule has 6 rings (SSSR count). The third-order valence-electron chi connectivity index (χ3n) is 7.69. The highest BCUT2D eigenvalue weighted by Gasteiger charge is 2.42. The van der Waals surface area contributed by atoms with Crippen molar-refractivity contribution in [2.75, 3.05) is 0 Å². The molecule has 0 aliphatic heterocycles. The number of rotatable bonds is 1. The normalized spacial score (nSPS) is 16.6. The molecule has 0 aromatic heterocycles. The summed E-state index contributed by atoms with van der Waals surface area (Å²) in [6.07, 6.45) is 0. The Kier molecular flexibility index (Phi) is 3.58. The van der Waals surface area contributed by atoms with Gasteiger partial charge in [0.25, 0.3) is 0 Å². The molecular weight excluding hydrogens is 379 g/mol. The fourth-order valence-electron chi connectivity index (χ4n) is 6.02. The first kappa shape index (κ1) is 18.9. The summed E-state index contributed by atoms with van der Waals surface area (Å²) < 4.78 is 0. The molecule has 0 saturated heterocycles. The lowest BCUT2D eigenvalue weighted by molar-refractivity contribution is 0.426. The topological polar surface area (TPSA) is 40.5 Å². The van der Waals surface area contributed by atoms with E-state index in [0.29, 0.717) is 5.46 Å². The summed E-state index contributed by atoms with van der Waals surface area (Å²) in [6.45, 7) is 9.12. The maximum atomic E-state index is 10.1. The maximum absolute atomic E-state index is 10.1. The predicted octanol–water partition coefficient (Wildman–Crippen LogP) is 5.13. The standard InChI is InChI=1S/C28H25BO2/c1-27(2)21-12-8-7-9-16(21)19-13-23-20(14-22(19)27)26-18-11-6-5-10-17(18)25(29(30)31)15-24(26)28(23,3)4/h5-15,30-31H,1-4H3. The van der Waals surface area contributed by atoms with Crippen LogP contribution < -0.4 is 5.46 Å². The van der Waals surface area contributed by atoms with Gasteiger partial charge in [-0.05, 0) is 72.9 Å². The van der Waals surface area contributed by atoms with Gasteiger partial charge in [-0.25, -0.2) is 0 Å². The Hall–Kier alpha value is -2.88. The summed E-state index contributed by atoms with van der Waals surface area (Å²) in [4.78, 5) is 0. The van der Waals surface area contributed by atoms with Gasteiger partial charge in [0.1, 0.15) is 0 Å². The van der Waals surface area contributed by atoms with E-state index in [4.69, 9.17) is 0 Å². The molecule has 0 heterocycles. The molecule has 0 radical (unpaired) electrons. The summed E-state index contributed by atoms with van der Waals surface area (Å²) in [6, 6.07) is 23.6. The van der Waals surface area contributed by atoms with Crippen LogP contribution in [0.4, 0.5) is 0 Å². The Balaban J connectivity index is 1.73. The van der Waals surface area contributed by atoms with Crippen molar-refractivity contribution in [2.45, 2.75) is 38.5 Å². The Morgan fingerprint density at radius 1 is 0.581 bits per heavy atom. The molecule has 0 saturated carbocycles. The second-order valence-electron chi connectivity index (χ2n) is 10.0. The smallest absolute Gasteiger partial charge is 0.423 e. The van der Waals surface area contributed by atoms with E-state index in [1.54, 1.807) is 0 Å². The van der Waals surface area contributed by atoms with Gasteiger partial charge < -0.3 is 10.0 Å². The van der Waals surface area contributed by atoms with Crippen LogP contribution in [0.1, 0.15) is 49.9 Å². The molecule has 0 bridgehead atoms. The van der Waals surface area contributed by atoms with Gasteiger partial charge in [0, 0.05) is 10.8 Å². The quantitative estimate of drug-likeness (QED) is 0.432. The van der Waals surface area contributed by atoms with Gasteiger partial charge in [0.2, 0.25) is 0 Å². The van der Waals surface area contributed by atoms with E-state index in [2.05, 4.69) is 70.2 Å². The van der Waals surface area contributed by atoms with Gasteiger partial charge >= 0.3 is 7.12 Å². The van der Waals surface area contributed by atoms with Crippen LogP contribution >= 0.6 is 0 Å². The zero-order valence-electron chi connectivity index (χ0n) is 18.3. The first-order valence-electron chi connectivity index (χ1n) is 10.9. The van der Waals surface area contributed by atoms with Crippen LogP contribution in [0.15, 0.2) is 66.7 Å². The van der Waals surface area contributed by atoms with Crippen molar-refractivity contribution in [1.82, 2.24) is 0 Å². The first-order valence-corrected chi connectivity index (χ1v) is 10.9. The number of hydrogen-bond acceptors (Lipinski definition) is 2. The largest absolute Gasteiger partial charge is 0.489 e. The predicted molar refractivity (Wildman–Crippen MR) is 129 cm³/mol. The van der Waals surface area contributed by atoms with E-state index in [9.17, 15) is 10.0 Å². The lowest BCUT2D eigenvalue weighted by Gasteiger charge is -2.24. The van der Waals surface area contributed by atoms with Crippen LogP contribution in [0.3, 0.4) is 0 Å². The summed E-state index contributed by atoms with van der Waals surface area (Å²) in [5, 5.41) is 22.2. The minimum Gasteiger partial charge on any atom is -0.423 e. The fourth-order valence-corrected chi connectivity index (χ4v) is 6.02. The highest BCUT2D eigenvalue weighted by atomic mass is 16.4. The average Bonchev–Trinajstić information content (AvgIpc) is 3.12. The van der Waals surface area contributed by atoms with Gasteiger partial charge in [-0.15, -0.1) is 0 Å². The van der Waals surface area contributed by atoms with E-state index in [1.807, 2.05) is 24.3 Å². The number of fused-ring (bicyclic) bond motifs is 8. The molecule has 2 aliphatic rings. The van der Waals surface area contributed by atoms with Crippen molar-refractivity contribution in [3.05, 3.63) is 89.0 Å². The minimum atomic E-state index is -1.49. The monoisotopic (exact) mass is 404 g/mol. The van der Waals surface area contributed by atoms with E-state index in [1.165, 1.54) is 44.5 Å². The van der Waals surface area contributed by atoms with Crippen LogP contribution in [0.2, 0.25) is 0 Å². The summed E-state index contributed by atoms with van der Waals surface area (Å²) in [5.74, 6) is 0. The van der Waals surface area contributed by atoms with Gasteiger partial charge in [-0.1, -0.05) is 82.3 Å².